The highest BCUT2D eigenvalue weighted by Gasteiger charge is 2.07. The molecule has 3 nitrogen and oxygen atoms in total. The molecule has 0 saturated carbocycles. The van der Waals surface area contributed by atoms with Gasteiger partial charge in [0.05, 0.1) is 12.6 Å². The van der Waals surface area contributed by atoms with Crippen LogP contribution in [0.5, 0.6) is 0 Å². The number of aliphatic hydroxyl groups is 2. The lowest BCUT2D eigenvalue weighted by atomic mass is 10.1. The Morgan fingerprint density at radius 2 is 1.65 bits per heavy atom. The Bertz CT molecular complexity index is 277. The monoisotopic (exact) mass is 237 g/mol. The van der Waals surface area contributed by atoms with Gasteiger partial charge in [-0.2, -0.15) is 0 Å². The maximum Gasteiger partial charge on any atom is 0.0626 e. The van der Waals surface area contributed by atoms with Gasteiger partial charge in [0.1, 0.15) is 0 Å². The highest BCUT2D eigenvalue weighted by Crippen LogP contribution is 2.11. The molecule has 0 aliphatic rings. The fourth-order valence-corrected chi connectivity index (χ4v) is 1.84. The van der Waals surface area contributed by atoms with Gasteiger partial charge in [-0.1, -0.05) is 43.2 Å². The summed E-state index contributed by atoms with van der Waals surface area (Å²) in [6, 6.07) is 10.0. The summed E-state index contributed by atoms with van der Waals surface area (Å²) in [5.74, 6) is 0. The Morgan fingerprint density at radius 1 is 0.941 bits per heavy atom. The van der Waals surface area contributed by atoms with Gasteiger partial charge in [0.25, 0.3) is 0 Å². The van der Waals surface area contributed by atoms with Crippen LogP contribution in [0.1, 0.15) is 37.3 Å². The van der Waals surface area contributed by atoms with Gasteiger partial charge in [-0.3, -0.25) is 0 Å². The smallest absolute Gasteiger partial charge is 0.0626 e. The summed E-state index contributed by atoms with van der Waals surface area (Å²) in [7, 11) is 0. The van der Waals surface area contributed by atoms with Gasteiger partial charge in [0.15, 0.2) is 0 Å². The molecular formula is C14H23NO2. The Balaban J connectivity index is 2.20. The Labute approximate surface area is 103 Å². The molecule has 17 heavy (non-hydrogen) atoms. The summed E-state index contributed by atoms with van der Waals surface area (Å²) >= 11 is 0. The molecule has 1 aromatic rings. The lowest BCUT2D eigenvalue weighted by Crippen LogP contribution is -2.25. The molecule has 1 rings (SSSR count). The molecule has 0 aliphatic heterocycles. The van der Waals surface area contributed by atoms with Crippen molar-refractivity contribution in [3.05, 3.63) is 35.9 Å². The van der Waals surface area contributed by atoms with Crippen LogP contribution in [0, 0.1) is 0 Å². The first kappa shape index (κ1) is 14.2. The van der Waals surface area contributed by atoms with E-state index in [4.69, 9.17) is 5.11 Å². The van der Waals surface area contributed by atoms with E-state index in [-0.39, 0.29) is 19.3 Å². The molecule has 0 aromatic heterocycles. The molecule has 0 radical (unpaired) electrons. The molecule has 1 unspecified atom stereocenters. The van der Waals surface area contributed by atoms with E-state index >= 15 is 0 Å². The third-order valence-electron chi connectivity index (χ3n) is 2.86. The fourth-order valence-electron chi connectivity index (χ4n) is 1.84. The first-order chi connectivity index (χ1) is 8.38. The van der Waals surface area contributed by atoms with Crippen molar-refractivity contribution in [2.45, 2.75) is 31.7 Å². The Kier molecular flexibility index (Phi) is 7.63. The van der Waals surface area contributed by atoms with E-state index in [1.165, 1.54) is 0 Å². The zero-order valence-electron chi connectivity index (χ0n) is 10.3. The first-order valence-electron chi connectivity index (χ1n) is 6.38. The van der Waals surface area contributed by atoms with Crippen LogP contribution < -0.4 is 5.32 Å². The molecule has 1 aromatic carbocycles. The average Bonchev–Trinajstić information content (AvgIpc) is 2.39. The van der Waals surface area contributed by atoms with Crippen molar-refractivity contribution in [1.29, 1.82) is 0 Å². The van der Waals surface area contributed by atoms with E-state index in [2.05, 4.69) is 5.32 Å². The van der Waals surface area contributed by atoms with Crippen LogP contribution in [-0.4, -0.2) is 30.0 Å². The summed E-state index contributed by atoms with van der Waals surface area (Å²) in [5.41, 5.74) is 1.13. The second kappa shape index (κ2) is 9.16. The average molecular weight is 237 g/mol. The lowest BCUT2D eigenvalue weighted by molar-refractivity contribution is 0.243. The first-order valence-corrected chi connectivity index (χ1v) is 6.38. The second-order valence-electron chi connectivity index (χ2n) is 4.24. The van der Waals surface area contributed by atoms with Gasteiger partial charge in [-0.25, -0.2) is 0 Å². The zero-order chi connectivity index (χ0) is 12.3. The molecule has 0 spiro atoms. The molecule has 0 bridgehead atoms. The molecular weight excluding hydrogens is 214 g/mol. The van der Waals surface area contributed by atoms with Gasteiger partial charge < -0.3 is 15.5 Å². The predicted octanol–water partition coefficient (Wildman–Crippen LogP) is 1.86. The number of hydrogen-bond acceptors (Lipinski definition) is 3. The quantitative estimate of drug-likeness (QED) is 0.575. The summed E-state index contributed by atoms with van der Waals surface area (Å²) in [6.07, 6.45) is 4.18. The SMILES string of the molecule is OCCCCCCNC(CO)c1ccccc1. The number of benzene rings is 1. The molecule has 0 fully saturated rings. The second-order valence-corrected chi connectivity index (χ2v) is 4.24. The van der Waals surface area contributed by atoms with Crippen LogP contribution in [0.4, 0.5) is 0 Å². The number of unbranched alkanes of at least 4 members (excludes halogenated alkanes) is 3. The number of rotatable bonds is 9. The summed E-state index contributed by atoms with van der Waals surface area (Å²) < 4.78 is 0. The molecule has 0 saturated heterocycles. The molecule has 3 heteroatoms. The Morgan fingerprint density at radius 3 is 2.29 bits per heavy atom. The maximum absolute atomic E-state index is 9.32. The van der Waals surface area contributed by atoms with Crippen LogP contribution in [0.2, 0.25) is 0 Å². The minimum atomic E-state index is 0.0361. The molecule has 0 amide bonds. The Hall–Kier alpha value is -0.900. The molecule has 0 heterocycles. The normalized spacial score (nSPS) is 12.6. The lowest BCUT2D eigenvalue weighted by Gasteiger charge is -2.16. The molecule has 96 valence electrons. The van der Waals surface area contributed by atoms with E-state index in [0.29, 0.717) is 0 Å². The number of nitrogens with one attached hydrogen (secondary N) is 1. The summed E-state index contributed by atoms with van der Waals surface area (Å²) in [4.78, 5) is 0. The van der Waals surface area contributed by atoms with Crippen molar-refractivity contribution in [2.24, 2.45) is 0 Å². The van der Waals surface area contributed by atoms with E-state index in [1.54, 1.807) is 0 Å². The topological polar surface area (TPSA) is 52.5 Å². The van der Waals surface area contributed by atoms with Crippen molar-refractivity contribution >= 4 is 0 Å². The molecule has 0 aliphatic carbocycles. The van der Waals surface area contributed by atoms with E-state index in [1.807, 2.05) is 30.3 Å². The third-order valence-corrected chi connectivity index (χ3v) is 2.86. The van der Waals surface area contributed by atoms with Crippen molar-refractivity contribution in [3.63, 3.8) is 0 Å². The minimum absolute atomic E-state index is 0.0361. The van der Waals surface area contributed by atoms with Crippen LogP contribution in [-0.2, 0) is 0 Å². The van der Waals surface area contributed by atoms with Crippen LogP contribution in [0.3, 0.4) is 0 Å². The van der Waals surface area contributed by atoms with E-state index in [0.717, 1.165) is 37.8 Å². The predicted molar refractivity (Wildman–Crippen MR) is 69.8 cm³/mol. The van der Waals surface area contributed by atoms with E-state index in [9.17, 15) is 5.11 Å². The highest BCUT2D eigenvalue weighted by atomic mass is 16.3. The van der Waals surface area contributed by atoms with Crippen LogP contribution >= 0.6 is 0 Å². The molecule has 3 N–H and O–H groups in total. The van der Waals surface area contributed by atoms with Crippen molar-refractivity contribution < 1.29 is 10.2 Å². The van der Waals surface area contributed by atoms with Gasteiger partial charge in [-0.05, 0) is 24.9 Å². The highest BCUT2D eigenvalue weighted by molar-refractivity contribution is 5.18. The largest absolute Gasteiger partial charge is 0.396 e. The summed E-state index contributed by atoms with van der Waals surface area (Å²) in [6.45, 7) is 1.32. The van der Waals surface area contributed by atoms with Gasteiger partial charge >= 0.3 is 0 Å². The van der Waals surface area contributed by atoms with Crippen molar-refractivity contribution in [2.75, 3.05) is 19.8 Å². The number of aliphatic hydroxyl groups excluding tert-OH is 2. The fraction of sp³-hybridized carbons (Fsp3) is 0.571. The minimum Gasteiger partial charge on any atom is -0.396 e. The zero-order valence-corrected chi connectivity index (χ0v) is 10.3. The standard InChI is InChI=1S/C14H23NO2/c16-11-7-2-1-6-10-15-14(12-17)13-8-4-3-5-9-13/h3-5,8-9,14-17H,1-2,6-7,10-12H2. The van der Waals surface area contributed by atoms with Crippen LogP contribution in [0.15, 0.2) is 30.3 Å². The van der Waals surface area contributed by atoms with Crippen LogP contribution in [0.25, 0.3) is 0 Å². The maximum atomic E-state index is 9.32. The third kappa shape index (κ3) is 5.82. The number of hydrogen-bond donors (Lipinski definition) is 3. The van der Waals surface area contributed by atoms with Gasteiger partial charge in [0, 0.05) is 6.61 Å². The summed E-state index contributed by atoms with van der Waals surface area (Å²) in [5, 5.41) is 21.3. The van der Waals surface area contributed by atoms with E-state index < -0.39 is 0 Å². The van der Waals surface area contributed by atoms with Crippen molar-refractivity contribution in [3.8, 4) is 0 Å². The van der Waals surface area contributed by atoms with Crippen molar-refractivity contribution in [1.82, 2.24) is 5.32 Å². The van der Waals surface area contributed by atoms with Gasteiger partial charge in [-0.15, -0.1) is 0 Å². The molecule has 1 atom stereocenters. The van der Waals surface area contributed by atoms with Gasteiger partial charge in [0.2, 0.25) is 0 Å².